The van der Waals surface area contributed by atoms with E-state index >= 15 is 0 Å². The molecule has 0 fully saturated rings. The van der Waals surface area contributed by atoms with E-state index in [1.165, 1.54) is 0 Å². The molecule has 0 bridgehead atoms. The predicted octanol–water partition coefficient (Wildman–Crippen LogP) is -0.449. The molecule has 86 valence electrons. The summed E-state index contributed by atoms with van der Waals surface area (Å²) < 4.78 is 0. The third-order valence-corrected chi connectivity index (χ3v) is 2.20. The van der Waals surface area contributed by atoms with Gasteiger partial charge in [-0.3, -0.25) is 9.59 Å². The maximum absolute atomic E-state index is 11.3. The van der Waals surface area contributed by atoms with Crippen LogP contribution in [-0.2, 0) is 9.59 Å². The molecule has 4 N–H and O–H groups in total. The summed E-state index contributed by atoms with van der Waals surface area (Å²) >= 11 is 4.68. The van der Waals surface area contributed by atoms with E-state index in [1.54, 1.807) is 6.92 Å². The fraction of sp³-hybridized carbons (Fsp3) is 0.667. The van der Waals surface area contributed by atoms with Crippen LogP contribution in [0, 0.1) is 5.92 Å². The molecule has 0 saturated heterocycles. The lowest BCUT2D eigenvalue weighted by molar-refractivity contribution is -0.123. The standard InChI is InChI=1S/C9H17N3O2S/c1-3-11-7(13)4-5-12-9(14)6(2)8(10)15/h6H,3-5H2,1-2H3,(H2,10,15)(H,11,13)(H,12,14). The summed E-state index contributed by atoms with van der Waals surface area (Å²) in [6, 6.07) is 0. The zero-order valence-corrected chi connectivity index (χ0v) is 9.82. The van der Waals surface area contributed by atoms with E-state index in [2.05, 4.69) is 22.9 Å². The Kier molecular flexibility index (Phi) is 6.61. The Bertz CT molecular complexity index is 256. The molecule has 15 heavy (non-hydrogen) atoms. The number of thiocarbonyl (C=S) groups is 1. The third-order valence-electron chi connectivity index (χ3n) is 1.85. The molecule has 0 aromatic heterocycles. The number of nitrogens with two attached hydrogens (primary N) is 1. The molecule has 0 aromatic rings. The normalized spacial score (nSPS) is 11.6. The van der Waals surface area contributed by atoms with Crippen LogP contribution >= 0.6 is 12.2 Å². The first-order chi connectivity index (χ1) is 6.99. The molecule has 0 aliphatic rings. The van der Waals surface area contributed by atoms with Gasteiger partial charge in [0.25, 0.3) is 0 Å². The molecule has 0 radical (unpaired) electrons. The van der Waals surface area contributed by atoms with Gasteiger partial charge in [-0.1, -0.05) is 12.2 Å². The van der Waals surface area contributed by atoms with Gasteiger partial charge in [-0.2, -0.15) is 0 Å². The number of carbonyl (C=O) groups excluding carboxylic acids is 2. The second-order valence-corrected chi connectivity index (χ2v) is 3.59. The summed E-state index contributed by atoms with van der Waals surface area (Å²) in [6.45, 7) is 4.36. The van der Waals surface area contributed by atoms with Gasteiger partial charge in [-0.25, -0.2) is 0 Å². The summed E-state index contributed by atoms with van der Waals surface area (Å²) in [7, 11) is 0. The molecule has 0 heterocycles. The Labute approximate surface area is 94.8 Å². The zero-order chi connectivity index (χ0) is 11.8. The van der Waals surface area contributed by atoms with Crippen LogP contribution in [0.15, 0.2) is 0 Å². The molecule has 5 nitrogen and oxygen atoms in total. The van der Waals surface area contributed by atoms with Gasteiger partial charge in [0.2, 0.25) is 11.8 Å². The smallest absolute Gasteiger partial charge is 0.229 e. The summed E-state index contributed by atoms with van der Waals surface area (Å²) in [6.07, 6.45) is 0.267. The van der Waals surface area contributed by atoms with Crippen LogP contribution in [0.1, 0.15) is 20.3 Å². The van der Waals surface area contributed by atoms with Crippen LogP contribution in [0.25, 0.3) is 0 Å². The summed E-state index contributed by atoms with van der Waals surface area (Å²) in [5.74, 6) is -0.818. The predicted molar refractivity (Wildman–Crippen MR) is 62.3 cm³/mol. The molecule has 1 unspecified atom stereocenters. The van der Waals surface area contributed by atoms with Crippen molar-refractivity contribution in [2.45, 2.75) is 20.3 Å². The minimum atomic E-state index is -0.491. The molecular formula is C9H17N3O2S. The molecule has 0 spiro atoms. The average molecular weight is 231 g/mol. The quantitative estimate of drug-likeness (QED) is 0.541. The largest absolute Gasteiger partial charge is 0.393 e. The monoisotopic (exact) mass is 231 g/mol. The maximum atomic E-state index is 11.3. The van der Waals surface area contributed by atoms with E-state index in [0.717, 1.165) is 0 Å². The molecule has 0 aromatic carbocycles. The highest BCUT2D eigenvalue weighted by atomic mass is 32.1. The van der Waals surface area contributed by atoms with E-state index in [1.807, 2.05) is 6.92 Å². The fourth-order valence-corrected chi connectivity index (χ4v) is 0.974. The van der Waals surface area contributed by atoms with Gasteiger partial charge in [-0.05, 0) is 13.8 Å². The first-order valence-corrected chi connectivity index (χ1v) is 5.23. The lowest BCUT2D eigenvalue weighted by Crippen LogP contribution is -2.38. The molecule has 2 amide bonds. The van der Waals surface area contributed by atoms with Crippen molar-refractivity contribution >= 4 is 29.0 Å². The Morgan fingerprint density at radius 1 is 1.40 bits per heavy atom. The van der Waals surface area contributed by atoms with Crippen LogP contribution in [0.4, 0.5) is 0 Å². The number of rotatable bonds is 6. The van der Waals surface area contributed by atoms with Crippen molar-refractivity contribution in [1.82, 2.24) is 10.6 Å². The van der Waals surface area contributed by atoms with Crippen LogP contribution in [0.5, 0.6) is 0 Å². The van der Waals surface area contributed by atoms with E-state index in [9.17, 15) is 9.59 Å². The molecular weight excluding hydrogens is 214 g/mol. The second-order valence-electron chi connectivity index (χ2n) is 3.12. The van der Waals surface area contributed by atoms with Gasteiger partial charge in [0, 0.05) is 19.5 Å². The van der Waals surface area contributed by atoms with Crippen LogP contribution in [0.2, 0.25) is 0 Å². The lowest BCUT2D eigenvalue weighted by atomic mass is 10.1. The van der Waals surface area contributed by atoms with Crippen molar-refractivity contribution in [2.24, 2.45) is 11.7 Å². The highest BCUT2D eigenvalue weighted by Gasteiger charge is 2.14. The number of hydrogen-bond acceptors (Lipinski definition) is 3. The molecule has 6 heteroatoms. The van der Waals surface area contributed by atoms with Crippen molar-refractivity contribution in [3.05, 3.63) is 0 Å². The Balaban J connectivity index is 3.73. The van der Waals surface area contributed by atoms with E-state index in [-0.39, 0.29) is 23.2 Å². The number of carbonyl (C=O) groups is 2. The molecule has 0 rings (SSSR count). The first-order valence-electron chi connectivity index (χ1n) is 4.82. The third kappa shape index (κ3) is 6.01. The fourth-order valence-electron chi connectivity index (χ4n) is 0.867. The maximum Gasteiger partial charge on any atom is 0.229 e. The van der Waals surface area contributed by atoms with Crippen LogP contribution in [-0.4, -0.2) is 29.9 Å². The van der Waals surface area contributed by atoms with Crippen LogP contribution in [0.3, 0.4) is 0 Å². The van der Waals surface area contributed by atoms with E-state index in [0.29, 0.717) is 13.1 Å². The average Bonchev–Trinajstić information content (AvgIpc) is 2.16. The minimum Gasteiger partial charge on any atom is -0.393 e. The van der Waals surface area contributed by atoms with Gasteiger partial charge in [0.15, 0.2) is 0 Å². The van der Waals surface area contributed by atoms with Crippen molar-refractivity contribution in [1.29, 1.82) is 0 Å². The first kappa shape index (κ1) is 13.8. The number of nitrogens with one attached hydrogen (secondary N) is 2. The molecule has 0 aliphatic heterocycles. The van der Waals surface area contributed by atoms with Crippen LogP contribution < -0.4 is 16.4 Å². The van der Waals surface area contributed by atoms with Crippen molar-refractivity contribution < 1.29 is 9.59 Å². The minimum absolute atomic E-state index is 0.0826. The van der Waals surface area contributed by atoms with Gasteiger partial charge in [-0.15, -0.1) is 0 Å². The molecule has 0 aliphatic carbocycles. The number of amides is 2. The molecule has 1 atom stereocenters. The lowest BCUT2D eigenvalue weighted by Gasteiger charge is -2.10. The summed E-state index contributed by atoms with van der Waals surface area (Å²) in [5.41, 5.74) is 5.31. The Hall–Kier alpha value is -1.17. The summed E-state index contributed by atoms with van der Waals surface area (Å²) in [5, 5.41) is 5.22. The van der Waals surface area contributed by atoms with Crippen molar-refractivity contribution in [3.63, 3.8) is 0 Å². The summed E-state index contributed by atoms with van der Waals surface area (Å²) in [4.78, 5) is 22.5. The van der Waals surface area contributed by atoms with E-state index < -0.39 is 5.92 Å². The van der Waals surface area contributed by atoms with Crippen molar-refractivity contribution in [2.75, 3.05) is 13.1 Å². The zero-order valence-electron chi connectivity index (χ0n) is 9.00. The van der Waals surface area contributed by atoms with Gasteiger partial charge in [0.05, 0.1) is 10.9 Å². The Morgan fingerprint density at radius 3 is 2.47 bits per heavy atom. The van der Waals surface area contributed by atoms with Crippen molar-refractivity contribution in [3.8, 4) is 0 Å². The van der Waals surface area contributed by atoms with Gasteiger partial charge >= 0.3 is 0 Å². The number of hydrogen-bond donors (Lipinski definition) is 3. The molecule has 0 saturated carbocycles. The SMILES string of the molecule is CCNC(=O)CCNC(=O)C(C)C(N)=S. The van der Waals surface area contributed by atoms with E-state index in [4.69, 9.17) is 5.73 Å². The topological polar surface area (TPSA) is 84.2 Å². The van der Waals surface area contributed by atoms with Gasteiger partial charge in [0.1, 0.15) is 0 Å². The highest BCUT2D eigenvalue weighted by Crippen LogP contribution is 1.94. The highest BCUT2D eigenvalue weighted by molar-refractivity contribution is 7.80. The van der Waals surface area contributed by atoms with Gasteiger partial charge < -0.3 is 16.4 Å². The second kappa shape index (κ2) is 7.17. The Morgan fingerprint density at radius 2 is 2.00 bits per heavy atom.